The molecule has 3 rings (SSSR count). The van der Waals surface area contributed by atoms with Crippen LogP contribution in [0, 0.1) is 18.8 Å². The van der Waals surface area contributed by atoms with Crippen molar-refractivity contribution in [1.82, 2.24) is 10.2 Å². The molecule has 1 aromatic rings. The van der Waals surface area contributed by atoms with E-state index in [2.05, 4.69) is 5.32 Å². The van der Waals surface area contributed by atoms with Gasteiger partial charge in [-0.3, -0.25) is 9.59 Å². The Labute approximate surface area is 148 Å². The summed E-state index contributed by atoms with van der Waals surface area (Å²) in [4.78, 5) is 26.3. The molecular weight excluding hydrogens is 340 g/mol. The first-order chi connectivity index (χ1) is 11.8. The van der Waals surface area contributed by atoms with E-state index < -0.39 is 9.84 Å². The molecule has 0 bridgehead atoms. The highest BCUT2D eigenvalue weighted by atomic mass is 32.2. The first-order valence-electron chi connectivity index (χ1n) is 8.57. The Morgan fingerprint density at radius 1 is 1.28 bits per heavy atom. The van der Waals surface area contributed by atoms with E-state index in [1.807, 2.05) is 31.2 Å². The molecule has 1 heterocycles. The number of carbonyl (C=O) groups is 2. The van der Waals surface area contributed by atoms with E-state index in [9.17, 15) is 18.0 Å². The first-order valence-corrected chi connectivity index (χ1v) is 10.4. The van der Waals surface area contributed by atoms with E-state index in [1.54, 1.807) is 7.05 Å². The molecule has 2 fully saturated rings. The topological polar surface area (TPSA) is 83.6 Å². The van der Waals surface area contributed by atoms with Crippen molar-refractivity contribution in [3.05, 3.63) is 35.4 Å². The van der Waals surface area contributed by atoms with Gasteiger partial charge in [-0.15, -0.1) is 0 Å². The maximum Gasteiger partial charge on any atom is 0.226 e. The molecule has 2 amide bonds. The molecule has 6 nitrogen and oxygen atoms in total. The lowest BCUT2D eigenvalue weighted by molar-refractivity contribution is -0.135. The van der Waals surface area contributed by atoms with Crippen molar-refractivity contribution in [2.24, 2.45) is 11.8 Å². The van der Waals surface area contributed by atoms with Crippen molar-refractivity contribution in [2.75, 3.05) is 18.6 Å². The summed E-state index contributed by atoms with van der Waals surface area (Å²) in [6.07, 6.45) is 1.03. The number of hydrogen-bond acceptors (Lipinski definition) is 4. The van der Waals surface area contributed by atoms with Gasteiger partial charge in [-0.1, -0.05) is 29.8 Å². The first kappa shape index (κ1) is 17.9. The number of benzene rings is 1. The molecule has 7 heteroatoms. The molecule has 1 aliphatic carbocycles. The largest absolute Gasteiger partial charge is 0.352 e. The minimum absolute atomic E-state index is 0.0339. The third-order valence-electron chi connectivity index (χ3n) is 5.10. The van der Waals surface area contributed by atoms with Gasteiger partial charge in [0.15, 0.2) is 9.84 Å². The van der Waals surface area contributed by atoms with Crippen LogP contribution in [0.15, 0.2) is 24.3 Å². The molecule has 0 spiro atoms. The number of aryl methyl sites for hydroxylation is 1. The Morgan fingerprint density at radius 3 is 2.68 bits per heavy atom. The van der Waals surface area contributed by atoms with E-state index in [1.165, 1.54) is 4.90 Å². The summed E-state index contributed by atoms with van der Waals surface area (Å²) < 4.78 is 23.1. The van der Waals surface area contributed by atoms with Crippen LogP contribution in [-0.4, -0.2) is 49.7 Å². The highest BCUT2D eigenvalue weighted by Crippen LogP contribution is 2.40. The summed E-state index contributed by atoms with van der Waals surface area (Å²) in [6, 6.07) is 7.67. The lowest BCUT2D eigenvalue weighted by atomic mass is 10.1. The molecule has 0 aromatic heterocycles. The van der Waals surface area contributed by atoms with Crippen molar-refractivity contribution < 1.29 is 18.0 Å². The Morgan fingerprint density at radius 2 is 2.04 bits per heavy atom. The van der Waals surface area contributed by atoms with E-state index in [0.717, 1.165) is 11.1 Å². The fourth-order valence-corrected chi connectivity index (χ4v) is 5.20. The van der Waals surface area contributed by atoms with Crippen molar-refractivity contribution >= 4 is 21.7 Å². The zero-order valence-corrected chi connectivity index (χ0v) is 15.4. The number of hydrogen-bond donors (Lipinski definition) is 1. The van der Waals surface area contributed by atoms with Gasteiger partial charge in [0.1, 0.15) is 0 Å². The summed E-state index contributed by atoms with van der Waals surface area (Å²) in [6.45, 7) is 2.45. The number of nitrogens with one attached hydrogen (secondary N) is 1. The number of sulfone groups is 1. The van der Waals surface area contributed by atoms with E-state index in [4.69, 9.17) is 0 Å². The molecule has 2 aliphatic rings. The maximum absolute atomic E-state index is 12.5. The van der Waals surface area contributed by atoms with Crippen molar-refractivity contribution in [3.63, 3.8) is 0 Å². The number of rotatable bonds is 5. The van der Waals surface area contributed by atoms with Gasteiger partial charge in [0.05, 0.1) is 23.3 Å². The molecule has 1 aliphatic heterocycles. The average molecular weight is 364 g/mol. The highest BCUT2D eigenvalue weighted by molar-refractivity contribution is 7.91. The molecule has 0 radical (unpaired) electrons. The molecular formula is C18H24N2O4S. The fraction of sp³-hybridized carbons (Fsp3) is 0.556. The van der Waals surface area contributed by atoms with Gasteiger partial charge in [0.2, 0.25) is 11.8 Å². The number of carbonyl (C=O) groups excluding carboxylic acids is 2. The third-order valence-corrected chi connectivity index (χ3v) is 6.85. The Bertz CT molecular complexity index is 790. The Kier molecular flexibility index (Phi) is 4.86. The lowest BCUT2D eigenvalue weighted by Gasteiger charge is -2.23. The monoisotopic (exact) mass is 364 g/mol. The van der Waals surface area contributed by atoms with Crippen LogP contribution in [-0.2, 0) is 26.0 Å². The van der Waals surface area contributed by atoms with Gasteiger partial charge >= 0.3 is 0 Å². The van der Waals surface area contributed by atoms with E-state index in [-0.39, 0.29) is 41.2 Å². The second-order valence-electron chi connectivity index (χ2n) is 7.16. The van der Waals surface area contributed by atoms with Gasteiger partial charge in [0.25, 0.3) is 0 Å². The Hall–Kier alpha value is -1.89. The van der Waals surface area contributed by atoms with Crippen molar-refractivity contribution in [1.29, 1.82) is 0 Å². The number of nitrogens with zero attached hydrogens (tertiary/aromatic N) is 1. The van der Waals surface area contributed by atoms with Crippen LogP contribution in [0.1, 0.15) is 24.0 Å². The smallest absolute Gasteiger partial charge is 0.226 e. The van der Waals surface area contributed by atoms with Gasteiger partial charge in [-0.05, 0) is 25.3 Å². The second-order valence-corrected chi connectivity index (χ2v) is 9.39. The molecule has 136 valence electrons. The average Bonchev–Trinajstić information content (AvgIpc) is 3.28. The number of amides is 2. The van der Waals surface area contributed by atoms with Gasteiger partial charge in [-0.2, -0.15) is 0 Å². The molecule has 3 unspecified atom stereocenters. The molecule has 3 atom stereocenters. The molecule has 1 aromatic carbocycles. The van der Waals surface area contributed by atoms with E-state index in [0.29, 0.717) is 19.4 Å². The Balaban J connectivity index is 1.50. The van der Waals surface area contributed by atoms with Crippen LogP contribution < -0.4 is 5.32 Å². The summed E-state index contributed by atoms with van der Waals surface area (Å²) >= 11 is 0. The minimum atomic E-state index is -3.03. The summed E-state index contributed by atoms with van der Waals surface area (Å²) in [5.41, 5.74) is 2.17. The quantitative estimate of drug-likeness (QED) is 0.841. The SMILES string of the molecule is Cc1cccc(CNC(=O)C2CC2C(=O)N(C)C2CCS(=O)(=O)C2)c1. The maximum atomic E-state index is 12.5. The van der Waals surface area contributed by atoms with Crippen molar-refractivity contribution in [3.8, 4) is 0 Å². The van der Waals surface area contributed by atoms with Crippen LogP contribution in [0.3, 0.4) is 0 Å². The van der Waals surface area contributed by atoms with Crippen LogP contribution in [0.2, 0.25) is 0 Å². The highest BCUT2D eigenvalue weighted by Gasteiger charge is 2.50. The summed E-state index contributed by atoms with van der Waals surface area (Å²) in [5, 5.41) is 2.89. The van der Waals surface area contributed by atoms with Crippen LogP contribution in [0.4, 0.5) is 0 Å². The fourth-order valence-electron chi connectivity index (χ4n) is 3.42. The molecule has 25 heavy (non-hydrogen) atoms. The normalized spacial score (nSPS) is 26.9. The molecule has 1 N–H and O–H groups in total. The predicted octanol–water partition coefficient (Wildman–Crippen LogP) is 0.893. The van der Waals surface area contributed by atoms with E-state index >= 15 is 0 Å². The van der Waals surface area contributed by atoms with Gasteiger partial charge in [0, 0.05) is 19.6 Å². The minimum Gasteiger partial charge on any atom is -0.352 e. The zero-order chi connectivity index (χ0) is 18.2. The summed E-state index contributed by atoms with van der Waals surface area (Å²) in [5.74, 6) is -0.652. The lowest BCUT2D eigenvalue weighted by Crippen LogP contribution is -2.39. The second kappa shape index (κ2) is 6.78. The van der Waals surface area contributed by atoms with Gasteiger partial charge in [-0.25, -0.2) is 8.42 Å². The zero-order valence-electron chi connectivity index (χ0n) is 14.6. The predicted molar refractivity (Wildman–Crippen MR) is 94.5 cm³/mol. The van der Waals surface area contributed by atoms with Crippen molar-refractivity contribution in [2.45, 2.75) is 32.4 Å². The van der Waals surface area contributed by atoms with Crippen LogP contribution in [0.25, 0.3) is 0 Å². The molecule has 1 saturated heterocycles. The van der Waals surface area contributed by atoms with Gasteiger partial charge < -0.3 is 10.2 Å². The standard InChI is InChI=1S/C18H24N2O4S/c1-12-4-3-5-13(8-12)10-19-17(21)15-9-16(15)18(22)20(2)14-6-7-25(23,24)11-14/h3-5,8,14-16H,6-7,9-11H2,1-2H3,(H,19,21). The van der Waals surface area contributed by atoms with Crippen LogP contribution in [0.5, 0.6) is 0 Å². The van der Waals surface area contributed by atoms with Crippen LogP contribution >= 0.6 is 0 Å². The third kappa shape index (κ3) is 4.21. The summed E-state index contributed by atoms with van der Waals surface area (Å²) in [7, 11) is -1.38. The molecule has 1 saturated carbocycles.